The quantitative estimate of drug-likeness (QED) is 0.816. The van der Waals surface area contributed by atoms with Gasteiger partial charge in [-0.3, -0.25) is 9.69 Å². The highest BCUT2D eigenvalue weighted by Gasteiger charge is 2.22. The van der Waals surface area contributed by atoms with Crippen molar-refractivity contribution in [2.45, 2.75) is 26.3 Å². The molecule has 1 heterocycles. The first-order valence-corrected chi connectivity index (χ1v) is 8.49. The van der Waals surface area contributed by atoms with Crippen molar-refractivity contribution in [3.05, 3.63) is 30.1 Å². The van der Waals surface area contributed by atoms with E-state index in [9.17, 15) is 9.18 Å². The van der Waals surface area contributed by atoms with Crippen LogP contribution in [0, 0.1) is 5.82 Å². The molecular formula is C17H25FN4OS. The van der Waals surface area contributed by atoms with Gasteiger partial charge in [0.05, 0.1) is 6.54 Å². The molecule has 2 rings (SSSR count). The van der Waals surface area contributed by atoms with E-state index in [1.54, 1.807) is 12.1 Å². The highest BCUT2D eigenvalue weighted by atomic mass is 32.1. The summed E-state index contributed by atoms with van der Waals surface area (Å²) in [5.41, 5.74) is 0.563. The van der Waals surface area contributed by atoms with Crippen LogP contribution in [0.25, 0.3) is 0 Å². The molecule has 0 aromatic heterocycles. The van der Waals surface area contributed by atoms with Crippen LogP contribution in [0.1, 0.15) is 20.8 Å². The Bertz CT molecular complexity index is 577. The Labute approximate surface area is 148 Å². The van der Waals surface area contributed by atoms with E-state index in [-0.39, 0.29) is 17.3 Å². The number of carbonyl (C=O) groups is 1. The van der Waals surface area contributed by atoms with Gasteiger partial charge in [0.15, 0.2) is 5.11 Å². The summed E-state index contributed by atoms with van der Waals surface area (Å²) in [6, 6.07) is 6.12. The van der Waals surface area contributed by atoms with E-state index in [0.717, 1.165) is 31.9 Å². The lowest BCUT2D eigenvalue weighted by atomic mass is 10.1. The fourth-order valence-electron chi connectivity index (χ4n) is 2.51. The third-order valence-electron chi connectivity index (χ3n) is 3.64. The van der Waals surface area contributed by atoms with Gasteiger partial charge in [-0.05, 0) is 57.3 Å². The summed E-state index contributed by atoms with van der Waals surface area (Å²) in [5.74, 6) is -0.225. The molecule has 1 saturated heterocycles. The molecule has 0 unspecified atom stereocenters. The average Bonchev–Trinajstić information content (AvgIpc) is 2.48. The second-order valence-electron chi connectivity index (χ2n) is 7.00. The molecule has 0 spiro atoms. The van der Waals surface area contributed by atoms with Gasteiger partial charge in [-0.1, -0.05) is 0 Å². The number of hydrogen-bond donors (Lipinski definition) is 2. The zero-order valence-corrected chi connectivity index (χ0v) is 15.3. The third kappa shape index (κ3) is 6.05. The summed E-state index contributed by atoms with van der Waals surface area (Å²) in [5, 5.41) is 6.72. The molecule has 1 aliphatic heterocycles. The predicted octanol–water partition coefficient (Wildman–Crippen LogP) is 2.05. The number of rotatable bonds is 3. The van der Waals surface area contributed by atoms with Crippen LogP contribution in [0.2, 0.25) is 0 Å². The fraction of sp³-hybridized carbons (Fsp3) is 0.529. The lowest BCUT2D eigenvalue weighted by molar-refractivity contribution is -0.123. The molecule has 0 aliphatic carbocycles. The Morgan fingerprint density at radius 3 is 2.29 bits per heavy atom. The minimum Gasteiger partial charge on any atom is -0.350 e. The Kier molecular flexibility index (Phi) is 6.12. The van der Waals surface area contributed by atoms with Crippen molar-refractivity contribution in [3.63, 3.8) is 0 Å². The van der Waals surface area contributed by atoms with Crippen molar-refractivity contribution in [1.29, 1.82) is 0 Å². The number of thiocarbonyl (C=S) groups is 1. The number of benzene rings is 1. The number of anilines is 1. The van der Waals surface area contributed by atoms with Gasteiger partial charge in [-0.2, -0.15) is 0 Å². The van der Waals surface area contributed by atoms with Gasteiger partial charge in [-0.15, -0.1) is 0 Å². The number of amides is 1. The monoisotopic (exact) mass is 352 g/mol. The number of carbonyl (C=O) groups excluding carboxylic acids is 1. The van der Waals surface area contributed by atoms with Gasteiger partial charge in [0.1, 0.15) is 5.82 Å². The van der Waals surface area contributed by atoms with Crippen molar-refractivity contribution in [1.82, 2.24) is 15.1 Å². The van der Waals surface area contributed by atoms with E-state index in [1.807, 2.05) is 20.8 Å². The molecule has 1 fully saturated rings. The Balaban J connectivity index is 1.76. The summed E-state index contributed by atoms with van der Waals surface area (Å²) in [6.45, 7) is 9.41. The van der Waals surface area contributed by atoms with Gasteiger partial charge in [0.2, 0.25) is 5.91 Å². The molecule has 132 valence electrons. The number of nitrogens with one attached hydrogen (secondary N) is 2. The van der Waals surface area contributed by atoms with Crippen LogP contribution in [0.15, 0.2) is 24.3 Å². The maximum atomic E-state index is 12.9. The van der Waals surface area contributed by atoms with Crippen LogP contribution >= 0.6 is 12.2 Å². The molecule has 2 N–H and O–H groups in total. The van der Waals surface area contributed by atoms with Crippen molar-refractivity contribution in [3.8, 4) is 0 Å². The second kappa shape index (κ2) is 7.90. The highest BCUT2D eigenvalue weighted by molar-refractivity contribution is 7.80. The molecule has 7 heteroatoms. The van der Waals surface area contributed by atoms with Crippen molar-refractivity contribution in [2.75, 3.05) is 38.0 Å². The first kappa shape index (κ1) is 18.6. The van der Waals surface area contributed by atoms with E-state index < -0.39 is 0 Å². The second-order valence-corrected chi connectivity index (χ2v) is 7.39. The first-order valence-electron chi connectivity index (χ1n) is 8.08. The van der Waals surface area contributed by atoms with Gasteiger partial charge >= 0.3 is 0 Å². The largest absolute Gasteiger partial charge is 0.350 e. The Hall–Kier alpha value is -1.73. The summed E-state index contributed by atoms with van der Waals surface area (Å²) in [6.07, 6.45) is 0. The normalized spacial score (nSPS) is 15.9. The molecule has 0 saturated carbocycles. The summed E-state index contributed by atoms with van der Waals surface area (Å²) in [7, 11) is 0. The van der Waals surface area contributed by atoms with E-state index in [0.29, 0.717) is 11.7 Å². The van der Waals surface area contributed by atoms with Crippen molar-refractivity contribution in [2.24, 2.45) is 0 Å². The molecule has 1 aliphatic rings. The molecule has 0 radical (unpaired) electrons. The van der Waals surface area contributed by atoms with Crippen LogP contribution in [-0.4, -0.2) is 59.1 Å². The van der Waals surface area contributed by atoms with E-state index in [4.69, 9.17) is 12.2 Å². The fourth-order valence-corrected chi connectivity index (χ4v) is 2.81. The maximum Gasteiger partial charge on any atom is 0.234 e. The lowest BCUT2D eigenvalue weighted by Gasteiger charge is -2.36. The van der Waals surface area contributed by atoms with E-state index >= 15 is 0 Å². The van der Waals surface area contributed by atoms with Crippen molar-refractivity contribution >= 4 is 28.9 Å². The molecule has 1 aromatic carbocycles. The molecule has 1 amide bonds. The maximum absolute atomic E-state index is 12.9. The average molecular weight is 352 g/mol. The minimum atomic E-state index is -0.270. The predicted molar refractivity (Wildman–Crippen MR) is 98.5 cm³/mol. The smallest absolute Gasteiger partial charge is 0.234 e. The minimum absolute atomic E-state index is 0.0444. The number of piperazine rings is 1. The van der Waals surface area contributed by atoms with Crippen molar-refractivity contribution < 1.29 is 9.18 Å². The third-order valence-corrected chi connectivity index (χ3v) is 4.00. The highest BCUT2D eigenvalue weighted by Crippen LogP contribution is 2.11. The van der Waals surface area contributed by atoms with Gasteiger partial charge in [0.25, 0.3) is 0 Å². The molecular weight excluding hydrogens is 327 g/mol. The van der Waals surface area contributed by atoms with E-state index in [1.165, 1.54) is 12.1 Å². The molecule has 0 atom stereocenters. The topological polar surface area (TPSA) is 47.6 Å². The van der Waals surface area contributed by atoms with Crippen LogP contribution in [0.5, 0.6) is 0 Å². The summed E-state index contributed by atoms with van der Waals surface area (Å²) >= 11 is 5.41. The molecule has 5 nitrogen and oxygen atoms in total. The zero-order chi connectivity index (χ0) is 17.7. The molecule has 1 aromatic rings. The number of nitrogens with zero attached hydrogens (tertiary/aromatic N) is 2. The van der Waals surface area contributed by atoms with Gasteiger partial charge in [0, 0.05) is 37.4 Å². The van der Waals surface area contributed by atoms with Crippen LogP contribution in [0.4, 0.5) is 10.1 Å². The van der Waals surface area contributed by atoms with Crippen LogP contribution in [-0.2, 0) is 4.79 Å². The number of hydrogen-bond acceptors (Lipinski definition) is 3. The van der Waals surface area contributed by atoms with Crippen LogP contribution in [0.3, 0.4) is 0 Å². The van der Waals surface area contributed by atoms with Gasteiger partial charge < -0.3 is 15.5 Å². The van der Waals surface area contributed by atoms with Crippen LogP contribution < -0.4 is 10.6 Å². The summed E-state index contributed by atoms with van der Waals surface area (Å²) < 4.78 is 12.9. The standard InChI is InChI=1S/C17H25FN4OS/c1-17(2,3)20-15(23)12-21-8-10-22(11-9-21)16(24)19-14-6-4-13(18)5-7-14/h4-7H,8-12H2,1-3H3,(H,19,24)(H,20,23). The van der Waals surface area contributed by atoms with Gasteiger partial charge in [-0.25, -0.2) is 4.39 Å². The lowest BCUT2D eigenvalue weighted by Crippen LogP contribution is -2.53. The Morgan fingerprint density at radius 1 is 1.17 bits per heavy atom. The SMILES string of the molecule is CC(C)(C)NC(=O)CN1CCN(C(=S)Nc2ccc(F)cc2)CC1. The zero-order valence-electron chi connectivity index (χ0n) is 14.4. The molecule has 24 heavy (non-hydrogen) atoms. The Morgan fingerprint density at radius 2 is 1.75 bits per heavy atom. The number of halogens is 1. The summed E-state index contributed by atoms with van der Waals surface area (Å²) in [4.78, 5) is 16.2. The molecule has 0 bridgehead atoms. The first-order chi connectivity index (χ1) is 11.2. The van der Waals surface area contributed by atoms with E-state index in [2.05, 4.69) is 20.4 Å².